The Bertz CT molecular complexity index is 1020. The minimum atomic E-state index is -0.768. The molecular formula is C21H24FN7O2. The number of carbonyl (C=O) groups excluding carboxylic acids is 1. The summed E-state index contributed by atoms with van der Waals surface area (Å²) in [6.45, 7) is 3.72. The highest BCUT2D eigenvalue weighted by molar-refractivity contribution is 6.20. The van der Waals surface area contributed by atoms with Gasteiger partial charge in [-0.3, -0.25) is 9.69 Å². The average Bonchev–Trinajstić information content (AvgIpc) is 3.14. The van der Waals surface area contributed by atoms with Crippen molar-refractivity contribution in [3.05, 3.63) is 59.4 Å². The van der Waals surface area contributed by atoms with E-state index in [9.17, 15) is 14.4 Å². The third-order valence-corrected chi connectivity index (χ3v) is 4.98. The van der Waals surface area contributed by atoms with E-state index in [-0.39, 0.29) is 23.4 Å². The molecule has 1 amide bonds. The topological polar surface area (TPSA) is 147 Å². The molecule has 3 rings (SSSR count). The van der Waals surface area contributed by atoms with Crippen molar-refractivity contribution in [3.63, 3.8) is 0 Å². The van der Waals surface area contributed by atoms with Gasteiger partial charge in [0.2, 0.25) is 0 Å². The van der Waals surface area contributed by atoms with Crippen molar-refractivity contribution in [1.29, 1.82) is 5.26 Å². The van der Waals surface area contributed by atoms with Crippen LogP contribution in [-0.4, -0.2) is 40.9 Å². The van der Waals surface area contributed by atoms with Gasteiger partial charge in [0, 0.05) is 25.4 Å². The Morgan fingerprint density at radius 1 is 1.45 bits per heavy atom. The van der Waals surface area contributed by atoms with Crippen LogP contribution in [0.2, 0.25) is 0 Å². The van der Waals surface area contributed by atoms with Crippen molar-refractivity contribution in [1.82, 2.24) is 15.4 Å². The summed E-state index contributed by atoms with van der Waals surface area (Å²) in [5, 5.41) is 16.6. The van der Waals surface area contributed by atoms with Crippen LogP contribution < -0.4 is 16.8 Å². The van der Waals surface area contributed by atoms with Gasteiger partial charge in [-0.1, -0.05) is 5.16 Å². The molecule has 10 heteroatoms. The van der Waals surface area contributed by atoms with Gasteiger partial charge in [-0.05, 0) is 44.2 Å². The largest absolute Gasteiger partial charge is 0.385 e. The van der Waals surface area contributed by atoms with Gasteiger partial charge in [0.25, 0.3) is 5.91 Å². The predicted octanol–water partition coefficient (Wildman–Crippen LogP) is 1.48. The SMILES string of the molecule is Cc1cc(CN2CC[C@@H](C#N)C(N/C=C(/C(N)=O)C(N)=Nc3ccc(F)cc3)C2)no1. The van der Waals surface area contributed by atoms with Crippen LogP contribution in [-0.2, 0) is 11.3 Å². The van der Waals surface area contributed by atoms with Crippen LogP contribution in [0.1, 0.15) is 17.9 Å². The Kier molecular flexibility index (Phi) is 6.99. The van der Waals surface area contributed by atoms with Crippen molar-refractivity contribution < 1.29 is 13.7 Å². The number of nitrogens with two attached hydrogens (primary N) is 2. The quantitative estimate of drug-likeness (QED) is 0.346. The van der Waals surface area contributed by atoms with Crippen LogP contribution >= 0.6 is 0 Å². The lowest BCUT2D eigenvalue weighted by Gasteiger charge is -2.35. The molecule has 0 aliphatic carbocycles. The van der Waals surface area contributed by atoms with Crippen molar-refractivity contribution >= 4 is 17.4 Å². The zero-order valence-electron chi connectivity index (χ0n) is 17.1. The van der Waals surface area contributed by atoms with Crippen LogP contribution in [0.15, 0.2) is 51.6 Å². The maximum Gasteiger partial charge on any atom is 0.253 e. The van der Waals surface area contributed by atoms with Crippen LogP contribution in [0, 0.1) is 30.0 Å². The molecule has 31 heavy (non-hydrogen) atoms. The number of amidine groups is 1. The summed E-state index contributed by atoms with van der Waals surface area (Å²) in [4.78, 5) is 18.2. The highest BCUT2D eigenvalue weighted by Crippen LogP contribution is 2.20. The fourth-order valence-corrected chi connectivity index (χ4v) is 3.38. The number of amides is 1. The molecule has 1 aromatic carbocycles. The third-order valence-electron chi connectivity index (χ3n) is 4.98. The number of aliphatic imine (C=N–C) groups is 1. The van der Waals surface area contributed by atoms with E-state index in [2.05, 4.69) is 26.4 Å². The molecule has 0 spiro atoms. The van der Waals surface area contributed by atoms with Crippen molar-refractivity contribution in [2.75, 3.05) is 13.1 Å². The molecule has 2 atom stereocenters. The minimum Gasteiger partial charge on any atom is -0.385 e. The van der Waals surface area contributed by atoms with Gasteiger partial charge < -0.3 is 21.3 Å². The predicted molar refractivity (Wildman–Crippen MR) is 112 cm³/mol. The van der Waals surface area contributed by atoms with Crippen LogP contribution in [0.4, 0.5) is 10.1 Å². The number of rotatable bonds is 7. The van der Waals surface area contributed by atoms with Gasteiger partial charge in [-0.2, -0.15) is 5.26 Å². The standard InChI is InChI=1S/C21H24FN7O2/c1-13-8-17(28-31-13)11-29-7-6-14(9-23)19(12-29)26-10-18(21(25)30)20(24)27-16-4-2-15(22)3-5-16/h2-5,8,10,14,19,26H,6-7,11-12H2,1H3,(H2,24,27)(H2,25,30)/b18-10+/t14-,19?/m0/s1. The van der Waals surface area contributed by atoms with Crippen LogP contribution in [0.5, 0.6) is 0 Å². The van der Waals surface area contributed by atoms with Crippen LogP contribution in [0.25, 0.3) is 0 Å². The van der Waals surface area contributed by atoms with Crippen molar-refractivity contribution in [3.8, 4) is 6.07 Å². The summed E-state index contributed by atoms with van der Waals surface area (Å²) >= 11 is 0. The van der Waals surface area contributed by atoms with E-state index in [0.717, 1.165) is 18.0 Å². The number of nitrogens with one attached hydrogen (secondary N) is 1. The molecule has 162 valence electrons. The number of primary amides is 1. The summed E-state index contributed by atoms with van der Waals surface area (Å²) in [6, 6.07) is 9.27. The molecule has 0 bridgehead atoms. The number of aromatic nitrogens is 1. The second kappa shape index (κ2) is 9.86. The number of hydrogen-bond donors (Lipinski definition) is 3. The first-order valence-electron chi connectivity index (χ1n) is 9.76. The smallest absolute Gasteiger partial charge is 0.253 e. The van der Waals surface area contributed by atoms with E-state index in [0.29, 0.717) is 25.2 Å². The van der Waals surface area contributed by atoms with Gasteiger partial charge in [0.05, 0.1) is 35.0 Å². The van der Waals surface area contributed by atoms with Gasteiger partial charge in [-0.25, -0.2) is 9.38 Å². The molecule has 5 N–H and O–H groups in total. The zero-order valence-corrected chi connectivity index (χ0v) is 17.1. The summed E-state index contributed by atoms with van der Waals surface area (Å²) < 4.78 is 18.2. The Labute approximate surface area is 179 Å². The third kappa shape index (κ3) is 5.90. The molecule has 0 radical (unpaired) electrons. The number of benzene rings is 1. The van der Waals surface area contributed by atoms with Crippen molar-refractivity contribution in [2.24, 2.45) is 22.4 Å². The minimum absolute atomic E-state index is 0.0229. The molecule has 2 heterocycles. The molecule has 1 fully saturated rings. The first-order chi connectivity index (χ1) is 14.9. The van der Waals surface area contributed by atoms with E-state index in [1.165, 1.54) is 30.5 Å². The van der Waals surface area contributed by atoms with Crippen molar-refractivity contribution in [2.45, 2.75) is 25.9 Å². The molecule has 1 saturated heterocycles. The Hall–Kier alpha value is -3.71. The van der Waals surface area contributed by atoms with Crippen LogP contribution in [0.3, 0.4) is 0 Å². The molecule has 9 nitrogen and oxygen atoms in total. The van der Waals surface area contributed by atoms with E-state index in [1.54, 1.807) is 0 Å². The Morgan fingerprint density at radius 2 is 2.19 bits per heavy atom. The van der Waals surface area contributed by atoms with E-state index < -0.39 is 11.7 Å². The lowest BCUT2D eigenvalue weighted by molar-refractivity contribution is -0.114. The second-order valence-corrected chi connectivity index (χ2v) is 7.36. The maximum absolute atomic E-state index is 13.1. The average molecular weight is 425 g/mol. The molecule has 1 aliphatic rings. The number of piperidine rings is 1. The number of likely N-dealkylation sites (tertiary alicyclic amines) is 1. The molecule has 1 aliphatic heterocycles. The number of halogens is 1. The summed E-state index contributed by atoms with van der Waals surface area (Å²) in [5.41, 5.74) is 12.6. The second-order valence-electron chi connectivity index (χ2n) is 7.36. The fraction of sp³-hybridized carbons (Fsp3) is 0.333. The lowest BCUT2D eigenvalue weighted by Crippen LogP contribution is -2.49. The number of hydrogen-bond acceptors (Lipinski definition) is 7. The van der Waals surface area contributed by atoms with E-state index in [4.69, 9.17) is 16.0 Å². The highest BCUT2D eigenvalue weighted by atomic mass is 19.1. The molecule has 2 aromatic rings. The lowest BCUT2D eigenvalue weighted by atomic mass is 9.92. The monoisotopic (exact) mass is 425 g/mol. The van der Waals surface area contributed by atoms with E-state index in [1.807, 2.05) is 13.0 Å². The Balaban J connectivity index is 1.73. The van der Waals surface area contributed by atoms with Gasteiger partial charge in [-0.15, -0.1) is 0 Å². The first-order valence-corrected chi connectivity index (χ1v) is 9.76. The fourth-order valence-electron chi connectivity index (χ4n) is 3.38. The number of carbonyl (C=O) groups is 1. The zero-order chi connectivity index (χ0) is 22.4. The van der Waals surface area contributed by atoms with Gasteiger partial charge >= 0.3 is 0 Å². The maximum atomic E-state index is 13.1. The first kappa shape index (κ1) is 22.0. The molecule has 1 unspecified atom stereocenters. The highest BCUT2D eigenvalue weighted by Gasteiger charge is 2.29. The van der Waals surface area contributed by atoms with Gasteiger partial charge in [0.15, 0.2) is 0 Å². The number of nitrogens with zero attached hydrogens (tertiary/aromatic N) is 4. The molecule has 1 aromatic heterocycles. The molecule has 0 saturated carbocycles. The number of nitriles is 1. The van der Waals surface area contributed by atoms with Gasteiger partial charge in [0.1, 0.15) is 17.4 Å². The number of aryl methyl sites for hydroxylation is 1. The summed E-state index contributed by atoms with van der Waals surface area (Å²) in [5.74, 6) is -0.798. The Morgan fingerprint density at radius 3 is 2.81 bits per heavy atom. The summed E-state index contributed by atoms with van der Waals surface area (Å²) in [7, 11) is 0. The van der Waals surface area contributed by atoms with E-state index >= 15 is 0 Å². The molecular weight excluding hydrogens is 401 g/mol. The normalized spacial score (nSPS) is 20.3. The summed E-state index contributed by atoms with van der Waals surface area (Å²) in [6.07, 6.45) is 2.05.